The highest BCUT2D eigenvalue weighted by Gasteiger charge is 2.38. The van der Waals surface area contributed by atoms with Gasteiger partial charge in [-0.25, -0.2) is 0 Å². The smallest absolute Gasteiger partial charge is 0.115 e. The quantitative estimate of drug-likeness (QED) is 0.432. The molecule has 3 aromatic rings. The Balaban J connectivity index is 1.34. The molecule has 6 nitrogen and oxygen atoms in total. The van der Waals surface area contributed by atoms with Crippen LogP contribution in [0.4, 0.5) is 5.69 Å². The maximum atomic E-state index is 10.1. The zero-order valence-electron chi connectivity index (χ0n) is 23.8. The fraction of sp³-hybridized carbons (Fsp3) is 0.531. The lowest BCUT2D eigenvalue weighted by Gasteiger charge is -2.47. The number of benzene rings is 2. The van der Waals surface area contributed by atoms with Gasteiger partial charge in [-0.2, -0.15) is 0 Å². The molecule has 1 aromatic heterocycles. The van der Waals surface area contributed by atoms with Crippen LogP contribution < -0.4 is 10.2 Å². The van der Waals surface area contributed by atoms with Crippen molar-refractivity contribution in [2.24, 2.45) is 0 Å². The molecule has 38 heavy (non-hydrogen) atoms. The van der Waals surface area contributed by atoms with Crippen LogP contribution in [0.2, 0.25) is 0 Å². The van der Waals surface area contributed by atoms with Crippen LogP contribution >= 0.6 is 0 Å². The minimum absolute atomic E-state index is 0.0630. The van der Waals surface area contributed by atoms with E-state index in [-0.39, 0.29) is 5.54 Å². The highest BCUT2D eigenvalue weighted by atomic mass is 16.3. The van der Waals surface area contributed by atoms with Crippen molar-refractivity contribution in [3.05, 3.63) is 65.9 Å². The predicted octanol–water partition coefficient (Wildman–Crippen LogP) is 5.52. The highest BCUT2D eigenvalue weighted by molar-refractivity contribution is 5.83. The fourth-order valence-electron chi connectivity index (χ4n) is 6.89. The number of phenolic OH excluding ortho intramolecular Hbond substituents is 1. The number of fused-ring (bicyclic) bond motifs is 1. The number of piperidine rings is 1. The summed E-state index contributed by atoms with van der Waals surface area (Å²) in [4.78, 5) is 12.5. The average Bonchev–Trinajstić information content (AvgIpc) is 2.90. The summed E-state index contributed by atoms with van der Waals surface area (Å²) < 4.78 is 0. The van der Waals surface area contributed by atoms with Crippen LogP contribution in [0, 0.1) is 0 Å². The molecule has 0 unspecified atom stereocenters. The number of nitrogens with one attached hydrogen (secondary N) is 1. The van der Waals surface area contributed by atoms with Gasteiger partial charge in [0.15, 0.2) is 0 Å². The number of aromatic hydroxyl groups is 1. The largest absolute Gasteiger partial charge is 0.508 e. The number of phenols is 1. The van der Waals surface area contributed by atoms with Crippen LogP contribution in [-0.4, -0.2) is 72.2 Å². The van der Waals surface area contributed by atoms with E-state index in [2.05, 4.69) is 91.4 Å². The van der Waals surface area contributed by atoms with Gasteiger partial charge in [0.2, 0.25) is 0 Å². The molecule has 2 aliphatic heterocycles. The third-order valence-electron chi connectivity index (χ3n) is 8.86. The van der Waals surface area contributed by atoms with Crippen molar-refractivity contribution >= 4 is 16.6 Å². The van der Waals surface area contributed by atoms with Crippen LogP contribution in [0.25, 0.3) is 10.9 Å². The Bertz CT molecular complexity index is 1230. The SMILES string of the molecule is CCC[C@@H](c1cnc2cc(N3CCC(c4cccc(O)c4)(N(C)C)CC3)ccc2c1)N1C[C@@H](C)N[C@@H](C)C1. The summed E-state index contributed by atoms with van der Waals surface area (Å²) in [5.41, 5.74) is 4.79. The minimum Gasteiger partial charge on any atom is -0.508 e. The number of pyridine rings is 1. The monoisotopic (exact) mass is 515 g/mol. The van der Waals surface area contributed by atoms with E-state index in [1.165, 1.54) is 28.6 Å². The summed E-state index contributed by atoms with van der Waals surface area (Å²) in [6, 6.07) is 18.4. The summed E-state index contributed by atoms with van der Waals surface area (Å²) in [7, 11) is 4.32. The maximum absolute atomic E-state index is 10.1. The van der Waals surface area contributed by atoms with Gasteiger partial charge in [0.05, 0.1) is 5.52 Å². The van der Waals surface area contributed by atoms with E-state index in [4.69, 9.17) is 4.98 Å². The van der Waals surface area contributed by atoms with Gasteiger partial charge in [0.25, 0.3) is 0 Å². The Morgan fingerprint density at radius 2 is 1.79 bits per heavy atom. The molecule has 0 spiro atoms. The molecule has 3 atom stereocenters. The Morgan fingerprint density at radius 3 is 2.45 bits per heavy atom. The molecule has 0 amide bonds. The van der Waals surface area contributed by atoms with E-state index in [1.54, 1.807) is 6.07 Å². The molecule has 5 rings (SSSR count). The van der Waals surface area contributed by atoms with Gasteiger partial charge in [0, 0.05) is 67.1 Å². The Kier molecular flexibility index (Phi) is 7.94. The second kappa shape index (κ2) is 11.2. The first-order valence-electron chi connectivity index (χ1n) is 14.4. The summed E-state index contributed by atoms with van der Waals surface area (Å²) in [5.74, 6) is 0.341. The number of hydrogen-bond acceptors (Lipinski definition) is 6. The van der Waals surface area contributed by atoms with Crippen LogP contribution in [0.5, 0.6) is 5.75 Å². The van der Waals surface area contributed by atoms with Gasteiger partial charge >= 0.3 is 0 Å². The molecule has 2 saturated heterocycles. The van der Waals surface area contributed by atoms with Crippen molar-refractivity contribution in [3.8, 4) is 5.75 Å². The van der Waals surface area contributed by atoms with Crippen molar-refractivity contribution in [1.29, 1.82) is 0 Å². The number of nitrogens with zero attached hydrogens (tertiary/aromatic N) is 4. The minimum atomic E-state index is -0.0630. The predicted molar refractivity (Wildman–Crippen MR) is 158 cm³/mol. The number of anilines is 1. The zero-order chi connectivity index (χ0) is 26.9. The Morgan fingerprint density at radius 1 is 1.05 bits per heavy atom. The normalized spacial score (nSPS) is 23.2. The zero-order valence-corrected chi connectivity index (χ0v) is 23.8. The number of hydrogen-bond donors (Lipinski definition) is 2. The molecule has 0 aliphatic carbocycles. The van der Waals surface area contributed by atoms with Gasteiger partial charge in [-0.1, -0.05) is 31.5 Å². The molecule has 3 heterocycles. The summed E-state index contributed by atoms with van der Waals surface area (Å²) in [6.07, 6.45) is 6.47. The van der Waals surface area contributed by atoms with Gasteiger partial charge < -0.3 is 15.3 Å². The van der Waals surface area contributed by atoms with Crippen molar-refractivity contribution in [2.75, 3.05) is 45.2 Å². The maximum Gasteiger partial charge on any atom is 0.115 e. The standard InChI is InChI=1S/C32H45N5O/c1-6-8-31(37-21-23(2)34-24(3)22-37)26-17-25-11-12-28(19-30(25)33-20-26)36-15-13-32(14-16-36,35(4)5)27-9-7-10-29(38)18-27/h7,9-12,17-20,23-24,31,34,38H,6,8,13-16,21-22H2,1-5H3/t23-,24+,31-/m0/s1. The first-order valence-corrected chi connectivity index (χ1v) is 14.4. The molecule has 0 saturated carbocycles. The first-order chi connectivity index (χ1) is 18.3. The van der Waals surface area contributed by atoms with Crippen LogP contribution in [0.3, 0.4) is 0 Å². The molecule has 204 valence electrons. The highest BCUT2D eigenvalue weighted by Crippen LogP contribution is 2.40. The van der Waals surface area contributed by atoms with E-state index < -0.39 is 0 Å². The second-order valence-corrected chi connectivity index (χ2v) is 11.8. The van der Waals surface area contributed by atoms with Crippen molar-refractivity contribution < 1.29 is 5.11 Å². The molecule has 2 N–H and O–H groups in total. The number of piperazine rings is 1. The van der Waals surface area contributed by atoms with Gasteiger partial charge in [-0.15, -0.1) is 0 Å². The lowest BCUT2D eigenvalue weighted by Crippen LogP contribution is -2.55. The van der Waals surface area contributed by atoms with Gasteiger partial charge in [-0.3, -0.25) is 14.8 Å². The third kappa shape index (κ3) is 5.40. The lowest BCUT2D eigenvalue weighted by molar-refractivity contribution is 0.115. The van der Waals surface area contributed by atoms with Crippen molar-refractivity contribution in [3.63, 3.8) is 0 Å². The van der Waals surface area contributed by atoms with Crippen LogP contribution in [-0.2, 0) is 5.54 Å². The van der Waals surface area contributed by atoms with Crippen LogP contribution in [0.15, 0.2) is 54.7 Å². The van der Waals surface area contributed by atoms with E-state index in [1.807, 2.05) is 12.1 Å². The van der Waals surface area contributed by atoms with E-state index in [9.17, 15) is 5.11 Å². The summed E-state index contributed by atoms with van der Waals surface area (Å²) in [6.45, 7) is 11.0. The van der Waals surface area contributed by atoms with Crippen molar-refractivity contribution in [2.45, 2.75) is 70.1 Å². The summed E-state index contributed by atoms with van der Waals surface area (Å²) in [5, 5.41) is 15.0. The molecule has 2 fully saturated rings. The number of aromatic nitrogens is 1. The molecular weight excluding hydrogens is 470 g/mol. The third-order valence-corrected chi connectivity index (χ3v) is 8.86. The van der Waals surface area contributed by atoms with E-state index >= 15 is 0 Å². The molecule has 2 aromatic carbocycles. The Labute approximate surface area is 228 Å². The molecule has 0 bridgehead atoms. The molecular formula is C32H45N5O. The Hall–Kier alpha value is -2.67. The van der Waals surface area contributed by atoms with Gasteiger partial charge in [0.1, 0.15) is 5.75 Å². The van der Waals surface area contributed by atoms with E-state index in [0.717, 1.165) is 51.0 Å². The van der Waals surface area contributed by atoms with Crippen molar-refractivity contribution in [1.82, 2.24) is 20.1 Å². The second-order valence-electron chi connectivity index (χ2n) is 11.8. The topological polar surface area (TPSA) is 54.9 Å². The average molecular weight is 516 g/mol. The molecule has 6 heteroatoms. The van der Waals surface area contributed by atoms with Crippen LogP contribution in [0.1, 0.15) is 63.6 Å². The van der Waals surface area contributed by atoms with E-state index in [0.29, 0.717) is 23.9 Å². The molecule has 0 radical (unpaired) electrons. The fourth-order valence-corrected chi connectivity index (χ4v) is 6.89. The lowest BCUT2D eigenvalue weighted by atomic mass is 9.79. The molecule has 2 aliphatic rings. The first kappa shape index (κ1) is 26.9. The van der Waals surface area contributed by atoms with Gasteiger partial charge in [-0.05, 0) is 88.7 Å². The number of rotatable bonds is 7. The summed E-state index contributed by atoms with van der Waals surface area (Å²) >= 11 is 0.